The summed E-state index contributed by atoms with van der Waals surface area (Å²) in [5, 5.41) is 2.75. The fourth-order valence-electron chi connectivity index (χ4n) is 3.23. The summed E-state index contributed by atoms with van der Waals surface area (Å²) in [5.74, 6) is 0.292. The molecule has 1 aromatic heterocycles. The van der Waals surface area contributed by atoms with Gasteiger partial charge in [-0.2, -0.15) is 0 Å². The minimum atomic E-state index is -3.25. The minimum absolute atomic E-state index is 0. The summed E-state index contributed by atoms with van der Waals surface area (Å²) >= 11 is 0. The predicted octanol–water partition coefficient (Wildman–Crippen LogP) is 5.51. The molecule has 0 radical (unpaired) electrons. The van der Waals surface area contributed by atoms with E-state index in [0.717, 1.165) is 12.1 Å². The van der Waals surface area contributed by atoms with Gasteiger partial charge in [0.25, 0.3) is 0 Å². The maximum atomic E-state index is 12.5. The number of sulfone groups is 1. The van der Waals surface area contributed by atoms with Crippen molar-refractivity contribution in [3.63, 3.8) is 0 Å². The molecule has 1 N–H and O–H groups in total. The van der Waals surface area contributed by atoms with Gasteiger partial charge in [-0.3, -0.25) is 9.59 Å². The SMILES string of the molecule is CC.CC.CCS(=O)(=O)c1ccc(CC(=O)Nc2ccc3c(n2)CCC(C)(C)C3=O)cc1.[HH]. The van der Waals surface area contributed by atoms with Gasteiger partial charge in [0.1, 0.15) is 5.82 Å². The van der Waals surface area contributed by atoms with E-state index < -0.39 is 9.84 Å². The molecular weight excluding hydrogens is 424 g/mol. The van der Waals surface area contributed by atoms with Crippen molar-refractivity contribution in [2.75, 3.05) is 11.1 Å². The van der Waals surface area contributed by atoms with E-state index in [0.29, 0.717) is 23.4 Å². The smallest absolute Gasteiger partial charge is 0.229 e. The van der Waals surface area contributed by atoms with Crippen LogP contribution in [0.15, 0.2) is 41.3 Å². The lowest BCUT2D eigenvalue weighted by Crippen LogP contribution is -2.31. The van der Waals surface area contributed by atoms with Gasteiger partial charge < -0.3 is 5.32 Å². The van der Waals surface area contributed by atoms with Crippen LogP contribution in [-0.4, -0.2) is 30.8 Å². The second-order valence-electron chi connectivity index (χ2n) is 7.68. The summed E-state index contributed by atoms with van der Waals surface area (Å²) in [6, 6.07) is 9.70. The van der Waals surface area contributed by atoms with Crippen molar-refractivity contribution >= 4 is 27.3 Å². The van der Waals surface area contributed by atoms with Crippen LogP contribution in [0.4, 0.5) is 5.82 Å². The molecule has 0 spiro atoms. The summed E-state index contributed by atoms with van der Waals surface area (Å²) < 4.78 is 23.7. The second kappa shape index (κ2) is 11.9. The van der Waals surface area contributed by atoms with E-state index in [2.05, 4.69) is 10.3 Å². The standard InChI is InChI=1S/C21H24N2O4S.2C2H6.H2/c1-4-28(26,27)15-7-5-14(6-8-15)13-19(24)23-18-10-9-16-17(22-18)11-12-21(2,3)20(16)25;2*1-2;/h5-10H,4,11-13H2,1-3H3,(H,22,23,24);2*1-2H3;1H. The zero-order valence-corrected chi connectivity index (χ0v) is 21.1. The Morgan fingerprint density at radius 3 is 2.22 bits per heavy atom. The molecule has 0 saturated carbocycles. The van der Waals surface area contributed by atoms with Crippen LogP contribution in [-0.2, 0) is 27.5 Å². The molecular formula is C25H38N2O4S. The van der Waals surface area contributed by atoms with Gasteiger partial charge in [0, 0.05) is 12.4 Å². The first-order chi connectivity index (χ1) is 15.1. The normalized spacial score (nSPS) is 14.2. The molecule has 0 saturated heterocycles. The highest BCUT2D eigenvalue weighted by molar-refractivity contribution is 7.91. The van der Waals surface area contributed by atoms with Gasteiger partial charge in [-0.05, 0) is 42.7 Å². The highest BCUT2D eigenvalue weighted by Crippen LogP contribution is 2.34. The summed E-state index contributed by atoms with van der Waals surface area (Å²) in [4.78, 5) is 29.5. The molecule has 2 aromatic rings. The molecule has 178 valence electrons. The van der Waals surface area contributed by atoms with Crippen LogP contribution in [0.5, 0.6) is 0 Å². The lowest BCUT2D eigenvalue weighted by Gasteiger charge is -2.29. The van der Waals surface area contributed by atoms with Crippen molar-refractivity contribution in [1.29, 1.82) is 0 Å². The number of hydrogen-bond acceptors (Lipinski definition) is 5. The van der Waals surface area contributed by atoms with Gasteiger partial charge in [-0.1, -0.05) is 60.6 Å². The van der Waals surface area contributed by atoms with Crippen molar-refractivity contribution in [3.8, 4) is 0 Å². The number of fused-ring (bicyclic) bond motifs is 1. The van der Waals surface area contributed by atoms with Crippen LogP contribution in [0, 0.1) is 5.41 Å². The van der Waals surface area contributed by atoms with Crippen molar-refractivity contribution in [3.05, 3.63) is 53.2 Å². The third-order valence-corrected chi connectivity index (χ3v) is 6.87. The van der Waals surface area contributed by atoms with Crippen molar-refractivity contribution < 1.29 is 19.4 Å². The Hall–Kier alpha value is -2.54. The molecule has 0 atom stereocenters. The molecule has 1 amide bonds. The molecule has 0 fully saturated rings. The zero-order chi connectivity index (χ0) is 24.5. The summed E-state index contributed by atoms with van der Waals surface area (Å²) in [6.07, 6.45) is 1.54. The number of nitrogens with zero attached hydrogens (tertiary/aromatic N) is 1. The van der Waals surface area contributed by atoms with E-state index in [1.165, 1.54) is 12.1 Å². The van der Waals surface area contributed by atoms with Gasteiger partial charge in [0.15, 0.2) is 15.6 Å². The number of aromatic nitrogens is 1. The maximum absolute atomic E-state index is 12.5. The van der Waals surface area contributed by atoms with E-state index in [1.807, 2.05) is 41.5 Å². The molecule has 1 aromatic carbocycles. The molecule has 0 aliphatic heterocycles. The fraction of sp³-hybridized carbons (Fsp3) is 0.480. The number of amides is 1. The Balaban J connectivity index is 0.00000194. The van der Waals surface area contributed by atoms with Crippen molar-refractivity contribution in [2.24, 2.45) is 5.41 Å². The number of carbonyl (C=O) groups is 2. The molecule has 0 bridgehead atoms. The van der Waals surface area contributed by atoms with Crippen LogP contribution >= 0.6 is 0 Å². The zero-order valence-electron chi connectivity index (χ0n) is 20.3. The first kappa shape index (κ1) is 27.5. The van der Waals surface area contributed by atoms with Gasteiger partial charge in [0.05, 0.1) is 22.8 Å². The van der Waals surface area contributed by atoms with Crippen LogP contribution in [0.2, 0.25) is 0 Å². The number of ketones is 1. The molecule has 6 nitrogen and oxygen atoms in total. The van der Waals surface area contributed by atoms with E-state index >= 15 is 0 Å². The lowest BCUT2D eigenvalue weighted by molar-refractivity contribution is -0.115. The van der Waals surface area contributed by atoms with Crippen LogP contribution in [0.3, 0.4) is 0 Å². The van der Waals surface area contributed by atoms with Gasteiger partial charge in [-0.25, -0.2) is 13.4 Å². The highest BCUT2D eigenvalue weighted by atomic mass is 32.2. The van der Waals surface area contributed by atoms with Gasteiger partial charge in [-0.15, -0.1) is 0 Å². The number of hydrogen-bond donors (Lipinski definition) is 1. The Labute approximate surface area is 194 Å². The van der Waals surface area contributed by atoms with Crippen molar-refractivity contribution in [2.45, 2.75) is 72.6 Å². The first-order valence-electron chi connectivity index (χ1n) is 11.3. The van der Waals surface area contributed by atoms with Gasteiger partial charge in [0.2, 0.25) is 5.91 Å². The topological polar surface area (TPSA) is 93.2 Å². The number of Topliss-reactive ketones (excluding diaryl/α,β-unsaturated/α-hetero) is 1. The molecule has 1 aliphatic carbocycles. The van der Waals surface area contributed by atoms with E-state index in [9.17, 15) is 18.0 Å². The van der Waals surface area contributed by atoms with E-state index in [4.69, 9.17) is 0 Å². The highest BCUT2D eigenvalue weighted by Gasteiger charge is 2.34. The Morgan fingerprint density at radius 2 is 1.66 bits per heavy atom. The van der Waals surface area contributed by atoms with Crippen LogP contribution < -0.4 is 5.32 Å². The number of aryl methyl sites for hydroxylation is 1. The monoisotopic (exact) mass is 462 g/mol. The molecule has 1 aliphatic rings. The molecule has 3 rings (SSSR count). The lowest BCUT2D eigenvalue weighted by atomic mass is 9.75. The Morgan fingerprint density at radius 1 is 1.06 bits per heavy atom. The number of anilines is 1. The van der Waals surface area contributed by atoms with Gasteiger partial charge >= 0.3 is 0 Å². The van der Waals surface area contributed by atoms with E-state index in [-0.39, 0.29) is 35.6 Å². The minimum Gasteiger partial charge on any atom is -0.310 e. The number of nitrogens with one attached hydrogen (secondary N) is 1. The first-order valence-corrected chi connectivity index (χ1v) is 12.9. The quantitative estimate of drug-likeness (QED) is 0.632. The summed E-state index contributed by atoms with van der Waals surface area (Å²) in [6.45, 7) is 13.5. The number of rotatable bonds is 5. The number of pyridine rings is 1. The van der Waals surface area contributed by atoms with Crippen LogP contribution in [0.25, 0.3) is 0 Å². The average Bonchev–Trinajstić information content (AvgIpc) is 2.79. The summed E-state index contributed by atoms with van der Waals surface area (Å²) in [7, 11) is -3.25. The molecule has 7 heteroatoms. The fourth-order valence-corrected chi connectivity index (χ4v) is 4.12. The largest absolute Gasteiger partial charge is 0.310 e. The molecule has 32 heavy (non-hydrogen) atoms. The second-order valence-corrected chi connectivity index (χ2v) is 9.95. The average molecular weight is 463 g/mol. The van der Waals surface area contributed by atoms with E-state index in [1.54, 1.807) is 31.2 Å². The van der Waals surface area contributed by atoms with Crippen molar-refractivity contribution in [1.82, 2.24) is 4.98 Å². The number of carbonyl (C=O) groups excluding carboxylic acids is 2. The predicted molar refractivity (Wildman–Crippen MR) is 132 cm³/mol. The third kappa shape index (κ3) is 6.73. The summed E-state index contributed by atoms with van der Waals surface area (Å²) in [5.41, 5.74) is 1.68. The Kier molecular flexibility index (Phi) is 10.2. The third-order valence-electron chi connectivity index (χ3n) is 5.11. The number of benzene rings is 1. The Bertz CT molecular complexity index is 1030. The molecule has 1 heterocycles. The molecule has 0 unspecified atom stereocenters. The van der Waals surface area contributed by atoms with Crippen LogP contribution in [0.1, 0.15) is 77.9 Å². The maximum Gasteiger partial charge on any atom is 0.229 e.